The van der Waals surface area contributed by atoms with E-state index in [1.165, 1.54) is 6.08 Å². The number of carbonyl (C=O) groups is 1. The average molecular weight is 284 g/mol. The van der Waals surface area contributed by atoms with Crippen molar-refractivity contribution in [2.75, 3.05) is 13.7 Å². The smallest absolute Gasteiger partial charge is 0.328 e. The van der Waals surface area contributed by atoms with E-state index in [4.69, 9.17) is 14.6 Å². The molecule has 0 aliphatic carbocycles. The minimum Gasteiger partial charge on any atom is -0.497 e. The Labute approximate surface area is 123 Å². The van der Waals surface area contributed by atoms with Crippen LogP contribution in [-0.2, 0) is 4.79 Å². The predicted octanol–water partition coefficient (Wildman–Crippen LogP) is 3.22. The SMILES string of the molecule is COc1ccc2c(c1)OCC(/C=C/C=C/C=C/C(=O)O)=C2. The van der Waals surface area contributed by atoms with E-state index in [1.807, 2.05) is 30.4 Å². The van der Waals surface area contributed by atoms with Crippen LogP contribution in [0.4, 0.5) is 0 Å². The zero-order valence-corrected chi connectivity index (χ0v) is 11.7. The van der Waals surface area contributed by atoms with Crippen LogP contribution in [0.15, 0.2) is 60.2 Å². The summed E-state index contributed by atoms with van der Waals surface area (Å²) in [6.45, 7) is 0.496. The Bertz CT molecular complexity index is 636. The largest absolute Gasteiger partial charge is 0.497 e. The Kier molecular flexibility index (Phi) is 4.99. The van der Waals surface area contributed by atoms with Crippen molar-refractivity contribution in [2.24, 2.45) is 0 Å². The number of rotatable bonds is 5. The minimum atomic E-state index is -0.959. The van der Waals surface area contributed by atoms with Crippen LogP contribution >= 0.6 is 0 Å². The summed E-state index contributed by atoms with van der Waals surface area (Å²) in [5.41, 5.74) is 2.05. The van der Waals surface area contributed by atoms with Crippen molar-refractivity contribution in [2.45, 2.75) is 0 Å². The van der Waals surface area contributed by atoms with Crippen molar-refractivity contribution in [3.8, 4) is 11.5 Å². The number of carboxylic acid groups (broad SMARTS) is 1. The normalized spacial score (nSPS) is 14.2. The molecule has 2 rings (SSSR count). The molecule has 21 heavy (non-hydrogen) atoms. The lowest BCUT2D eigenvalue weighted by atomic mass is 10.1. The molecule has 0 atom stereocenters. The lowest BCUT2D eigenvalue weighted by Gasteiger charge is -2.16. The summed E-state index contributed by atoms with van der Waals surface area (Å²) in [5.74, 6) is 0.625. The van der Waals surface area contributed by atoms with E-state index in [2.05, 4.69) is 6.08 Å². The molecule has 1 aliphatic heterocycles. The number of benzene rings is 1. The summed E-state index contributed by atoms with van der Waals surface area (Å²) >= 11 is 0. The van der Waals surface area contributed by atoms with E-state index in [1.54, 1.807) is 19.3 Å². The van der Waals surface area contributed by atoms with Crippen molar-refractivity contribution >= 4 is 12.0 Å². The second kappa shape index (κ2) is 7.14. The van der Waals surface area contributed by atoms with E-state index in [-0.39, 0.29) is 0 Å². The highest BCUT2D eigenvalue weighted by Crippen LogP contribution is 2.30. The second-order valence-corrected chi connectivity index (χ2v) is 4.35. The highest BCUT2D eigenvalue weighted by atomic mass is 16.5. The van der Waals surface area contributed by atoms with Crippen molar-refractivity contribution in [1.82, 2.24) is 0 Å². The summed E-state index contributed by atoms with van der Waals surface area (Å²) in [6.07, 6.45) is 11.8. The standard InChI is InChI=1S/C17H16O4/c1-20-15-9-8-14-10-13(12-21-16(14)11-15)6-4-2-3-5-7-17(18)19/h2-11H,12H2,1H3,(H,18,19)/b3-2+,6-4+,7-5+. The Balaban J connectivity index is 2.02. The van der Waals surface area contributed by atoms with Crippen LogP contribution in [0.1, 0.15) is 5.56 Å². The number of hydrogen-bond acceptors (Lipinski definition) is 3. The van der Waals surface area contributed by atoms with Gasteiger partial charge in [0.2, 0.25) is 0 Å². The molecule has 0 saturated carbocycles. The number of ether oxygens (including phenoxy) is 2. The molecule has 0 spiro atoms. The van der Waals surface area contributed by atoms with Crippen molar-refractivity contribution in [3.05, 3.63) is 65.8 Å². The van der Waals surface area contributed by atoms with Crippen LogP contribution in [0.3, 0.4) is 0 Å². The molecule has 0 aromatic heterocycles. The number of fused-ring (bicyclic) bond motifs is 1. The maximum absolute atomic E-state index is 10.3. The third-order valence-corrected chi connectivity index (χ3v) is 2.84. The van der Waals surface area contributed by atoms with Gasteiger partial charge in [-0.2, -0.15) is 0 Å². The molecule has 1 aromatic rings. The number of carboxylic acids is 1. The molecular weight excluding hydrogens is 268 g/mol. The molecule has 1 aliphatic rings. The summed E-state index contributed by atoms with van der Waals surface area (Å²) in [5, 5.41) is 8.43. The molecule has 0 radical (unpaired) electrons. The topological polar surface area (TPSA) is 55.8 Å². The van der Waals surface area contributed by atoms with Crippen LogP contribution in [0.25, 0.3) is 6.08 Å². The molecular formula is C17H16O4. The van der Waals surface area contributed by atoms with E-state index in [0.29, 0.717) is 6.61 Å². The number of methoxy groups -OCH3 is 1. The van der Waals surface area contributed by atoms with Crippen LogP contribution in [-0.4, -0.2) is 24.8 Å². The number of hydrogen-bond donors (Lipinski definition) is 1. The van der Waals surface area contributed by atoms with Crippen molar-refractivity contribution in [3.63, 3.8) is 0 Å². The maximum Gasteiger partial charge on any atom is 0.328 e. The first kappa shape index (κ1) is 14.7. The Hall–Kier alpha value is -2.75. The first-order valence-corrected chi connectivity index (χ1v) is 6.45. The van der Waals surface area contributed by atoms with E-state index < -0.39 is 5.97 Å². The first-order chi connectivity index (χ1) is 10.2. The maximum atomic E-state index is 10.3. The fourth-order valence-electron chi connectivity index (χ4n) is 1.83. The molecule has 0 saturated heterocycles. The van der Waals surface area contributed by atoms with Gasteiger partial charge in [0.1, 0.15) is 18.1 Å². The van der Waals surface area contributed by atoms with Crippen molar-refractivity contribution in [1.29, 1.82) is 0 Å². The van der Waals surface area contributed by atoms with Crippen LogP contribution in [0, 0.1) is 0 Å². The highest BCUT2D eigenvalue weighted by Gasteiger charge is 2.10. The number of allylic oxidation sites excluding steroid dienone is 4. The van der Waals surface area contributed by atoms with Crippen LogP contribution in [0.2, 0.25) is 0 Å². The van der Waals surface area contributed by atoms with Crippen LogP contribution < -0.4 is 9.47 Å². The van der Waals surface area contributed by atoms with E-state index >= 15 is 0 Å². The van der Waals surface area contributed by atoms with Gasteiger partial charge in [-0.15, -0.1) is 0 Å². The third kappa shape index (κ3) is 4.38. The minimum absolute atomic E-state index is 0.496. The van der Waals surface area contributed by atoms with Crippen LogP contribution in [0.5, 0.6) is 11.5 Å². The van der Waals surface area contributed by atoms with E-state index in [9.17, 15) is 4.79 Å². The predicted molar refractivity (Wildman–Crippen MR) is 81.5 cm³/mol. The van der Waals surface area contributed by atoms with Gasteiger partial charge in [0.05, 0.1) is 7.11 Å². The molecule has 0 amide bonds. The van der Waals surface area contributed by atoms with E-state index in [0.717, 1.165) is 28.7 Å². The summed E-state index contributed by atoms with van der Waals surface area (Å²) in [4.78, 5) is 10.3. The lowest BCUT2D eigenvalue weighted by Crippen LogP contribution is -2.05. The van der Waals surface area contributed by atoms with Gasteiger partial charge in [-0.25, -0.2) is 4.79 Å². The van der Waals surface area contributed by atoms with Crippen molar-refractivity contribution < 1.29 is 19.4 Å². The zero-order chi connectivity index (χ0) is 15.1. The van der Waals surface area contributed by atoms with Gasteiger partial charge in [-0.3, -0.25) is 0 Å². The third-order valence-electron chi connectivity index (χ3n) is 2.84. The number of aliphatic carboxylic acids is 1. The molecule has 1 heterocycles. The molecule has 108 valence electrons. The Morgan fingerprint density at radius 1 is 1.29 bits per heavy atom. The Morgan fingerprint density at radius 2 is 2.10 bits per heavy atom. The summed E-state index contributed by atoms with van der Waals surface area (Å²) in [6, 6.07) is 5.71. The first-order valence-electron chi connectivity index (χ1n) is 6.45. The fraction of sp³-hybridized carbons (Fsp3) is 0.118. The molecule has 4 nitrogen and oxygen atoms in total. The molecule has 1 N–H and O–H groups in total. The fourth-order valence-corrected chi connectivity index (χ4v) is 1.83. The van der Waals surface area contributed by atoms with Gasteiger partial charge < -0.3 is 14.6 Å². The molecule has 1 aromatic carbocycles. The molecule has 0 bridgehead atoms. The highest BCUT2D eigenvalue weighted by molar-refractivity contribution is 5.80. The van der Waals surface area contributed by atoms with Gasteiger partial charge in [-0.05, 0) is 23.8 Å². The van der Waals surface area contributed by atoms with Gasteiger partial charge >= 0.3 is 5.97 Å². The lowest BCUT2D eigenvalue weighted by molar-refractivity contribution is -0.131. The molecule has 4 heteroatoms. The van der Waals surface area contributed by atoms with Gasteiger partial charge in [0, 0.05) is 17.7 Å². The monoisotopic (exact) mass is 284 g/mol. The Morgan fingerprint density at radius 3 is 2.86 bits per heavy atom. The van der Waals surface area contributed by atoms with Gasteiger partial charge in [-0.1, -0.05) is 30.4 Å². The molecule has 0 fully saturated rings. The second-order valence-electron chi connectivity index (χ2n) is 4.35. The van der Waals surface area contributed by atoms with Gasteiger partial charge in [0.25, 0.3) is 0 Å². The van der Waals surface area contributed by atoms with Gasteiger partial charge in [0.15, 0.2) is 0 Å². The quantitative estimate of drug-likeness (QED) is 0.666. The molecule has 0 unspecified atom stereocenters. The summed E-state index contributed by atoms with van der Waals surface area (Å²) in [7, 11) is 1.62. The summed E-state index contributed by atoms with van der Waals surface area (Å²) < 4.78 is 10.8. The zero-order valence-electron chi connectivity index (χ0n) is 11.7. The average Bonchev–Trinajstić information content (AvgIpc) is 2.49.